The molecule has 8 heteroatoms. The Balaban J connectivity index is 1.65. The van der Waals surface area contributed by atoms with Crippen LogP contribution in [0.25, 0.3) is 27.6 Å². The highest BCUT2D eigenvalue weighted by Crippen LogP contribution is 2.27. The maximum Gasteiger partial charge on any atom is 0.283 e. The molecule has 0 fully saturated rings. The lowest BCUT2D eigenvalue weighted by Crippen LogP contribution is -2.23. The fraction of sp³-hybridized carbons (Fsp3) is 0.0417. The third-order valence-corrected chi connectivity index (χ3v) is 6.28. The lowest BCUT2D eigenvalue weighted by Gasteiger charge is -2.12. The number of Topliss-reactive ketones (excluding diaryl/α,β-unsaturated/α-hetero) is 1. The molecule has 0 aliphatic heterocycles. The highest BCUT2D eigenvalue weighted by Gasteiger charge is 2.20. The van der Waals surface area contributed by atoms with Crippen LogP contribution in [0.5, 0.6) is 0 Å². The molecule has 5 aromatic rings. The zero-order valence-corrected chi connectivity index (χ0v) is 18.1. The summed E-state index contributed by atoms with van der Waals surface area (Å²) >= 11 is 6.99. The molecule has 32 heavy (non-hydrogen) atoms. The Kier molecular flexibility index (Phi) is 5.28. The van der Waals surface area contributed by atoms with E-state index in [1.165, 1.54) is 16.7 Å². The molecule has 3 aromatic carbocycles. The molecule has 2 heterocycles. The summed E-state index contributed by atoms with van der Waals surface area (Å²) in [5, 5.41) is 1.56. The van der Waals surface area contributed by atoms with Crippen molar-refractivity contribution >= 4 is 51.1 Å². The molecule has 5 rings (SSSR count). The van der Waals surface area contributed by atoms with Crippen LogP contribution in [-0.4, -0.2) is 26.1 Å². The van der Waals surface area contributed by atoms with Crippen molar-refractivity contribution in [3.8, 4) is 5.69 Å². The Morgan fingerprint density at radius 2 is 1.75 bits per heavy atom. The van der Waals surface area contributed by atoms with Crippen molar-refractivity contribution in [3.63, 3.8) is 0 Å². The fourth-order valence-electron chi connectivity index (χ4n) is 3.53. The monoisotopic (exact) mass is 463 g/mol. The Hall–Kier alpha value is -3.42. The first-order valence-corrected chi connectivity index (χ1v) is 11.1. The molecular weight excluding hydrogens is 449 g/mol. The van der Waals surface area contributed by atoms with E-state index in [0.717, 1.165) is 22.7 Å². The van der Waals surface area contributed by atoms with Crippen molar-refractivity contribution in [3.05, 3.63) is 99.6 Å². The van der Waals surface area contributed by atoms with Crippen LogP contribution in [0.15, 0.2) is 82.7 Å². The molecule has 0 aliphatic rings. The summed E-state index contributed by atoms with van der Waals surface area (Å²) in [6.45, 7) is 0. The van der Waals surface area contributed by atoms with Gasteiger partial charge in [-0.2, -0.15) is 0 Å². The average molecular weight is 464 g/mol. The van der Waals surface area contributed by atoms with E-state index in [9.17, 15) is 14.0 Å². The second-order valence-electron chi connectivity index (χ2n) is 7.10. The summed E-state index contributed by atoms with van der Waals surface area (Å²) in [5.41, 5.74) is 1.66. The highest BCUT2D eigenvalue weighted by atomic mass is 35.5. The Morgan fingerprint density at radius 3 is 2.53 bits per heavy atom. The SMILES string of the molecule is O=C(CSc1nc2c([nH]c3ccccc32)c(=O)n1-c1ccccc1F)c1ccc(Cl)cc1. The largest absolute Gasteiger partial charge is 0.349 e. The van der Waals surface area contributed by atoms with Crippen molar-refractivity contribution in [2.24, 2.45) is 0 Å². The first kappa shape index (κ1) is 20.5. The molecule has 0 unspecified atom stereocenters. The number of para-hydroxylation sites is 2. The number of carbonyl (C=O) groups excluding carboxylic acids is 1. The number of ketones is 1. The number of carbonyl (C=O) groups is 1. The maximum absolute atomic E-state index is 14.7. The van der Waals surface area contributed by atoms with E-state index in [1.54, 1.807) is 36.4 Å². The zero-order chi connectivity index (χ0) is 22.2. The molecular formula is C24H15ClFN3O2S. The van der Waals surface area contributed by atoms with Crippen LogP contribution in [0.1, 0.15) is 10.4 Å². The molecule has 0 aliphatic carbocycles. The number of thioether (sulfide) groups is 1. The number of halogens is 2. The van der Waals surface area contributed by atoms with Crippen LogP contribution in [0.2, 0.25) is 5.02 Å². The number of H-pyrrole nitrogens is 1. The summed E-state index contributed by atoms with van der Waals surface area (Å²) < 4.78 is 15.9. The minimum Gasteiger partial charge on any atom is -0.349 e. The van der Waals surface area contributed by atoms with Gasteiger partial charge < -0.3 is 4.98 Å². The van der Waals surface area contributed by atoms with Crippen LogP contribution in [0, 0.1) is 5.82 Å². The van der Waals surface area contributed by atoms with Crippen LogP contribution >= 0.6 is 23.4 Å². The first-order valence-electron chi connectivity index (χ1n) is 9.73. The normalized spacial score (nSPS) is 11.3. The number of hydrogen-bond acceptors (Lipinski definition) is 4. The molecule has 0 bridgehead atoms. The van der Waals surface area contributed by atoms with Gasteiger partial charge in [-0.1, -0.05) is 53.7 Å². The Labute approximate surface area is 190 Å². The lowest BCUT2D eigenvalue weighted by atomic mass is 10.1. The number of benzene rings is 3. The van der Waals surface area contributed by atoms with Gasteiger partial charge in [0.1, 0.15) is 16.9 Å². The minimum absolute atomic E-state index is 0.0242. The van der Waals surface area contributed by atoms with E-state index in [-0.39, 0.29) is 27.9 Å². The predicted molar refractivity (Wildman–Crippen MR) is 126 cm³/mol. The van der Waals surface area contributed by atoms with Gasteiger partial charge in [0.25, 0.3) is 5.56 Å². The second-order valence-corrected chi connectivity index (χ2v) is 8.48. The summed E-state index contributed by atoms with van der Waals surface area (Å²) in [6.07, 6.45) is 0. The van der Waals surface area contributed by atoms with Crippen molar-refractivity contribution in [1.29, 1.82) is 0 Å². The summed E-state index contributed by atoms with van der Waals surface area (Å²) in [6, 6.07) is 20.0. The Bertz CT molecular complexity index is 1540. The summed E-state index contributed by atoms with van der Waals surface area (Å²) in [5.74, 6) is -0.686. The van der Waals surface area contributed by atoms with Gasteiger partial charge in [0.2, 0.25) is 0 Å². The molecule has 0 saturated carbocycles. The van der Waals surface area contributed by atoms with Crippen LogP contribution in [0.3, 0.4) is 0 Å². The van der Waals surface area contributed by atoms with Gasteiger partial charge in [-0.3, -0.25) is 14.2 Å². The van der Waals surface area contributed by atoms with E-state index < -0.39 is 11.4 Å². The molecule has 0 spiro atoms. The van der Waals surface area contributed by atoms with Gasteiger partial charge in [0.05, 0.1) is 11.4 Å². The Morgan fingerprint density at radius 1 is 1.03 bits per heavy atom. The molecule has 158 valence electrons. The average Bonchev–Trinajstić information content (AvgIpc) is 3.18. The molecule has 0 atom stereocenters. The van der Waals surface area contributed by atoms with Gasteiger partial charge in [-0.25, -0.2) is 9.37 Å². The van der Waals surface area contributed by atoms with E-state index in [4.69, 9.17) is 11.6 Å². The topological polar surface area (TPSA) is 67.8 Å². The van der Waals surface area contributed by atoms with Gasteiger partial charge in [0, 0.05) is 21.5 Å². The molecule has 2 aromatic heterocycles. The second kappa shape index (κ2) is 8.26. The molecule has 0 radical (unpaired) electrons. The standard InChI is InChI=1S/C24H15ClFN3O2S/c25-15-11-9-14(10-12-15)20(30)13-32-24-28-21-16-5-1-3-7-18(16)27-22(21)23(31)29(24)19-8-4-2-6-17(19)26/h1-12,27H,13H2. The minimum atomic E-state index is -0.558. The van der Waals surface area contributed by atoms with Gasteiger partial charge >= 0.3 is 0 Å². The van der Waals surface area contributed by atoms with E-state index in [0.29, 0.717) is 16.1 Å². The highest BCUT2D eigenvalue weighted by molar-refractivity contribution is 7.99. The first-order chi connectivity index (χ1) is 15.5. The van der Waals surface area contributed by atoms with Crippen molar-refractivity contribution < 1.29 is 9.18 Å². The smallest absolute Gasteiger partial charge is 0.283 e. The molecule has 5 nitrogen and oxygen atoms in total. The zero-order valence-electron chi connectivity index (χ0n) is 16.5. The molecule has 1 N–H and O–H groups in total. The maximum atomic E-state index is 14.7. The number of nitrogens with one attached hydrogen (secondary N) is 1. The molecule has 0 amide bonds. The number of aromatic amines is 1. The van der Waals surface area contributed by atoms with Gasteiger partial charge in [-0.05, 0) is 42.5 Å². The van der Waals surface area contributed by atoms with Crippen molar-refractivity contribution in [2.45, 2.75) is 5.16 Å². The van der Waals surface area contributed by atoms with Gasteiger partial charge in [-0.15, -0.1) is 0 Å². The number of nitrogens with zero attached hydrogens (tertiary/aromatic N) is 2. The number of rotatable bonds is 5. The van der Waals surface area contributed by atoms with Crippen molar-refractivity contribution in [1.82, 2.24) is 14.5 Å². The number of fused-ring (bicyclic) bond motifs is 3. The number of aromatic nitrogens is 3. The third-order valence-electron chi connectivity index (χ3n) is 5.09. The van der Waals surface area contributed by atoms with Crippen LogP contribution in [-0.2, 0) is 0 Å². The quantitative estimate of drug-likeness (QED) is 0.208. The van der Waals surface area contributed by atoms with Gasteiger partial charge in [0.15, 0.2) is 10.9 Å². The third kappa shape index (κ3) is 3.59. The number of hydrogen-bond donors (Lipinski definition) is 1. The van der Waals surface area contributed by atoms with E-state index in [1.807, 2.05) is 24.3 Å². The summed E-state index contributed by atoms with van der Waals surface area (Å²) in [7, 11) is 0. The van der Waals surface area contributed by atoms with Crippen LogP contribution in [0.4, 0.5) is 4.39 Å². The predicted octanol–water partition coefficient (Wildman–Crippen LogP) is 5.63. The summed E-state index contributed by atoms with van der Waals surface area (Å²) in [4.78, 5) is 33.9. The van der Waals surface area contributed by atoms with Crippen molar-refractivity contribution in [2.75, 3.05) is 5.75 Å². The molecule has 0 saturated heterocycles. The fourth-order valence-corrected chi connectivity index (χ4v) is 4.55. The van der Waals surface area contributed by atoms with E-state index >= 15 is 0 Å². The van der Waals surface area contributed by atoms with E-state index in [2.05, 4.69) is 9.97 Å². The lowest BCUT2D eigenvalue weighted by molar-refractivity contribution is 0.102. The van der Waals surface area contributed by atoms with Crippen LogP contribution < -0.4 is 5.56 Å².